The Morgan fingerprint density at radius 3 is 2.56 bits per heavy atom. The lowest BCUT2D eigenvalue weighted by Gasteiger charge is -2.26. The maximum atomic E-state index is 13.1. The topological polar surface area (TPSA) is 105 Å². The highest BCUT2D eigenvalue weighted by molar-refractivity contribution is 5.86. The second kappa shape index (κ2) is 14.6. The smallest absolute Gasteiger partial charge is 0.309 e. The lowest BCUT2D eigenvalue weighted by molar-refractivity contribution is -0.150. The number of aliphatic hydroxyl groups is 1. The standard InChI is InChI=1S/C27H40N2O5/c1-19(2)24-18-34-27(33)23(15-21-11-7-6-8-12-21)14-10-5-4-9-13-22(26(32)29-24)16-25(31)28-20(3)17-30/h4,6-9,11-12,19-20,22-24,30H,5,10,13-18H2,1-3H3,(H,28,31)(H,29,32)/t20-,22-,23-,24-/m1/s1. The van der Waals surface area contributed by atoms with Gasteiger partial charge in [-0.1, -0.05) is 56.3 Å². The molecule has 0 saturated carbocycles. The summed E-state index contributed by atoms with van der Waals surface area (Å²) in [4.78, 5) is 38.4. The van der Waals surface area contributed by atoms with E-state index in [1.165, 1.54) is 0 Å². The van der Waals surface area contributed by atoms with Crippen LogP contribution in [0.1, 0.15) is 58.4 Å². The zero-order valence-corrected chi connectivity index (χ0v) is 20.7. The van der Waals surface area contributed by atoms with E-state index in [0.717, 1.165) is 24.8 Å². The van der Waals surface area contributed by atoms with Gasteiger partial charge in [0.2, 0.25) is 11.8 Å². The molecule has 2 rings (SSSR count). The highest BCUT2D eigenvalue weighted by Gasteiger charge is 2.27. The highest BCUT2D eigenvalue weighted by Crippen LogP contribution is 2.20. The number of benzene rings is 1. The van der Waals surface area contributed by atoms with Gasteiger partial charge in [-0.2, -0.15) is 0 Å². The van der Waals surface area contributed by atoms with Crippen molar-refractivity contribution in [2.75, 3.05) is 13.2 Å². The van der Waals surface area contributed by atoms with Gasteiger partial charge in [0.1, 0.15) is 6.61 Å². The molecule has 188 valence electrons. The molecule has 0 spiro atoms. The Morgan fingerprint density at radius 2 is 1.88 bits per heavy atom. The summed E-state index contributed by atoms with van der Waals surface area (Å²) < 4.78 is 5.70. The molecule has 4 atom stereocenters. The van der Waals surface area contributed by atoms with E-state index in [-0.39, 0.29) is 61.3 Å². The van der Waals surface area contributed by atoms with E-state index in [0.29, 0.717) is 12.8 Å². The van der Waals surface area contributed by atoms with Crippen LogP contribution in [0.5, 0.6) is 0 Å². The van der Waals surface area contributed by atoms with Gasteiger partial charge in [-0.05, 0) is 50.5 Å². The molecule has 1 aromatic rings. The number of aliphatic hydroxyl groups excluding tert-OH is 1. The number of hydrogen-bond acceptors (Lipinski definition) is 5. The summed E-state index contributed by atoms with van der Waals surface area (Å²) in [6.45, 7) is 5.58. The van der Waals surface area contributed by atoms with Crippen LogP contribution in [0, 0.1) is 17.8 Å². The van der Waals surface area contributed by atoms with Crippen LogP contribution in [-0.2, 0) is 25.5 Å². The van der Waals surface area contributed by atoms with E-state index in [2.05, 4.69) is 10.6 Å². The summed E-state index contributed by atoms with van der Waals surface area (Å²) >= 11 is 0. The molecule has 0 saturated heterocycles. The Balaban J connectivity index is 2.12. The van der Waals surface area contributed by atoms with Crippen LogP contribution in [0.2, 0.25) is 0 Å². The molecule has 1 aromatic carbocycles. The quantitative estimate of drug-likeness (QED) is 0.418. The first-order valence-corrected chi connectivity index (χ1v) is 12.4. The van der Waals surface area contributed by atoms with Crippen LogP contribution in [0.15, 0.2) is 42.5 Å². The number of ether oxygens (including phenoxy) is 1. The van der Waals surface area contributed by atoms with Crippen molar-refractivity contribution < 1.29 is 24.2 Å². The van der Waals surface area contributed by atoms with E-state index in [9.17, 15) is 19.5 Å². The summed E-state index contributed by atoms with van der Waals surface area (Å²) in [6.07, 6.45) is 7.43. The highest BCUT2D eigenvalue weighted by atomic mass is 16.5. The molecular weight excluding hydrogens is 432 g/mol. The number of hydrogen-bond donors (Lipinski definition) is 3. The Hall–Kier alpha value is -2.67. The van der Waals surface area contributed by atoms with Crippen LogP contribution in [0.25, 0.3) is 0 Å². The van der Waals surface area contributed by atoms with Crippen LogP contribution in [0.4, 0.5) is 0 Å². The molecule has 1 heterocycles. The monoisotopic (exact) mass is 472 g/mol. The van der Waals surface area contributed by atoms with Crippen molar-refractivity contribution in [1.29, 1.82) is 0 Å². The van der Waals surface area contributed by atoms with Gasteiger partial charge >= 0.3 is 5.97 Å². The summed E-state index contributed by atoms with van der Waals surface area (Å²) in [5.74, 6) is -1.45. The van der Waals surface area contributed by atoms with E-state index < -0.39 is 5.92 Å². The first-order valence-electron chi connectivity index (χ1n) is 12.4. The summed E-state index contributed by atoms with van der Waals surface area (Å²) in [5.41, 5.74) is 1.10. The Morgan fingerprint density at radius 1 is 1.15 bits per heavy atom. The van der Waals surface area contributed by atoms with Crippen molar-refractivity contribution in [1.82, 2.24) is 10.6 Å². The van der Waals surface area contributed by atoms with E-state index in [4.69, 9.17) is 4.74 Å². The molecule has 7 heteroatoms. The minimum Gasteiger partial charge on any atom is -0.463 e. The van der Waals surface area contributed by atoms with Crippen LogP contribution >= 0.6 is 0 Å². The number of rotatable bonds is 7. The summed E-state index contributed by atoms with van der Waals surface area (Å²) in [6, 6.07) is 9.23. The van der Waals surface area contributed by atoms with Gasteiger partial charge in [-0.25, -0.2) is 0 Å². The summed E-state index contributed by atoms with van der Waals surface area (Å²) in [5, 5.41) is 14.9. The molecule has 0 aromatic heterocycles. The fraction of sp³-hybridized carbons (Fsp3) is 0.593. The van der Waals surface area contributed by atoms with Crippen molar-refractivity contribution in [2.24, 2.45) is 17.8 Å². The van der Waals surface area contributed by atoms with Crippen molar-refractivity contribution in [3.8, 4) is 0 Å². The number of cyclic esters (lactones) is 1. The number of amides is 2. The molecule has 1 aliphatic rings. The fourth-order valence-corrected chi connectivity index (χ4v) is 3.94. The van der Waals surface area contributed by atoms with Gasteiger partial charge in [-0.15, -0.1) is 0 Å². The minimum absolute atomic E-state index is 0.0320. The largest absolute Gasteiger partial charge is 0.463 e. The molecule has 1 aliphatic heterocycles. The minimum atomic E-state index is -0.534. The van der Waals surface area contributed by atoms with Crippen LogP contribution in [0.3, 0.4) is 0 Å². The normalized spacial score (nSPS) is 23.5. The van der Waals surface area contributed by atoms with Gasteiger partial charge in [0.15, 0.2) is 0 Å². The maximum absolute atomic E-state index is 13.1. The molecule has 3 N–H and O–H groups in total. The predicted molar refractivity (Wildman–Crippen MR) is 132 cm³/mol. The zero-order chi connectivity index (χ0) is 24.9. The molecular formula is C27H40N2O5. The number of nitrogens with one attached hydrogen (secondary N) is 2. The summed E-state index contributed by atoms with van der Waals surface area (Å²) in [7, 11) is 0. The Kier molecular flexibility index (Phi) is 11.8. The average molecular weight is 473 g/mol. The van der Waals surface area contributed by atoms with E-state index >= 15 is 0 Å². The lowest BCUT2D eigenvalue weighted by Crippen LogP contribution is -2.46. The van der Waals surface area contributed by atoms with Crippen molar-refractivity contribution in [3.63, 3.8) is 0 Å². The third-order valence-corrected chi connectivity index (χ3v) is 6.19. The third kappa shape index (κ3) is 9.67. The van der Waals surface area contributed by atoms with Gasteiger partial charge in [-0.3, -0.25) is 14.4 Å². The molecule has 7 nitrogen and oxygen atoms in total. The fourth-order valence-electron chi connectivity index (χ4n) is 3.94. The molecule has 2 amide bonds. The number of esters is 1. The number of carbonyl (C=O) groups excluding carboxylic acids is 3. The Labute approximate surface area is 203 Å². The maximum Gasteiger partial charge on any atom is 0.309 e. The van der Waals surface area contributed by atoms with Gasteiger partial charge < -0.3 is 20.5 Å². The SMILES string of the molecule is CC(C)[C@H]1COC(=O)[C@@H](Cc2ccccc2)CCCC=CC[C@H](CC(=O)N[C@H](C)CO)C(=O)N1. The van der Waals surface area contributed by atoms with Crippen molar-refractivity contribution in [2.45, 2.75) is 71.4 Å². The zero-order valence-electron chi connectivity index (χ0n) is 20.7. The molecule has 0 aliphatic carbocycles. The molecule has 34 heavy (non-hydrogen) atoms. The second-order valence-electron chi connectivity index (χ2n) is 9.57. The van der Waals surface area contributed by atoms with Crippen molar-refractivity contribution >= 4 is 17.8 Å². The van der Waals surface area contributed by atoms with Gasteiger partial charge in [0, 0.05) is 12.5 Å². The van der Waals surface area contributed by atoms with Gasteiger partial charge in [0.25, 0.3) is 0 Å². The van der Waals surface area contributed by atoms with Crippen LogP contribution < -0.4 is 10.6 Å². The molecule has 0 unspecified atom stereocenters. The molecule has 0 fully saturated rings. The van der Waals surface area contributed by atoms with E-state index in [1.807, 2.05) is 56.3 Å². The lowest BCUT2D eigenvalue weighted by atomic mass is 9.93. The van der Waals surface area contributed by atoms with Crippen LogP contribution in [-0.4, -0.2) is 48.2 Å². The van der Waals surface area contributed by atoms with E-state index in [1.54, 1.807) is 6.92 Å². The first-order chi connectivity index (χ1) is 16.3. The molecule has 0 bridgehead atoms. The van der Waals surface area contributed by atoms with Crippen molar-refractivity contribution in [3.05, 3.63) is 48.0 Å². The molecule has 0 radical (unpaired) electrons. The number of carbonyl (C=O) groups is 3. The average Bonchev–Trinajstić information content (AvgIpc) is 2.81. The Bertz CT molecular complexity index is 808. The van der Waals surface area contributed by atoms with Gasteiger partial charge in [0.05, 0.1) is 24.5 Å². The number of allylic oxidation sites excluding steroid dienone is 2. The predicted octanol–water partition coefficient (Wildman–Crippen LogP) is 3.16. The third-order valence-electron chi connectivity index (χ3n) is 6.19. The second-order valence-corrected chi connectivity index (χ2v) is 9.57. The first kappa shape index (κ1) is 27.6.